The van der Waals surface area contributed by atoms with Gasteiger partial charge in [-0.1, -0.05) is 20.8 Å². The number of guanidine groups is 1. The monoisotopic (exact) mass is 270 g/mol. The minimum Gasteiger partial charge on any atom is -0.379 e. The van der Waals surface area contributed by atoms with Gasteiger partial charge in [-0.05, 0) is 18.8 Å². The second-order valence-corrected chi connectivity index (χ2v) is 5.58. The van der Waals surface area contributed by atoms with Crippen LogP contribution in [0, 0.1) is 5.92 Å². The zero-order valence-electron chi connectivity index (χ0n) is 12.7. The van der Waals surface area contributed by atoms with Crippen LogP contribution in [0.5, 0.6) is 0 Å². The average molecular weight is 270 g/mol. The highest BCUT2D eigenvalue weighted by atomic mass is 16.5. The number of nitrogens with two attached hydrogens (primary N) is 1. The molecule has 1 atom stereocenters. The molecule has 0 aliphatic carbocycles. The standard InChI is InChI=1S/C14H30N4O/c1-4-5-16-14(15)17-11-13(10-12(2)3)18-6-8-19-9-7-18/h12-13H,4-11H2,1-3H3,(H3,15,16,17). The number of hydrogen-bond donors (Lipinski definition) is 2. The van der Waals surface area contributed by atoms with Crippen molar-refractivity contribution in [2.75, 3.05) is 39.4 Å². The van der Waals surface area contributed by atoms with Gasteiger partial charge in [-0.25, -0.2) is 0 Å². The molecule has 19 heavy (non-hydrogen) atoms. The van der Waals surface area contributed by atoms with Crippen molar-refractivity contribution in [3.8, 4) is 0 Å². The summed E-state index contributed by atoms with van der Waals surface area (Å²) in [7, 11) is 0. The summed E-state index contributed by atoms with van der Waals surface area (Å²) in [5.74, 6) is 1.25. The van der Waals surface area contributed by atoms with E-state index < -0.39 is 0 Å². The molecule has 112 valence electrons. The van der Waals surface area contributed by atoms with Gasteiger partial charge < -0.3 is 15.8 Å². The van der Waals surface area contributed by atoms with Crippen LogP contribution in [0.2, 0.25) is 0 Å². The molecule has 1 fully saturated rings. The first kappa shape index (κ1) is 16.2. The van der Waals surface area contributed by atoms with Crippen LogP contribution >= 0.6 is 0 Å². The molecule has 0 bridgehead atoms. The van der Waals surface area contributed by atoms with Crippen molar-refractivity contribution in [3.63, 3.8) is 0 Å². The molecule has 1 unspecified atom stereocenters. The molecule has 1 rings (SSSR count). The number of ether oxygens (including phenoxy) is 1. The number of hydrogen-bond acceptors (Lipinski definition) is 3. The number of rotatable bonds is 7. The predicted octanol–water partition coefficient (Wildman–Crippen LogP) is 1.05. The van der Waals surface area contributed by atoms with Gasteiger partial charge in [-0.15, -0.1) is 0 Å². The van der Waals surface area contributed by atoms with Crippen LogP contribution in [0.25, 0.3) is 0 Å². The number of morpholine rings is 1. The Kier molecular flexibility index (Phi) is 7.82. The summed E-state index contributed by atoms with van der Waals surface area (Å²) >= 11 is 0. The lowest BCUT2D eigenvalue weighted by Crippen LogP contribution is -2.46. The molecule has 5 nitrogen and oxygen atoms in total. The van der Waals surface area contributed by atoms with E-state index in [2.05, 4.69) is 36.0 Å². The van der Waals surface area contributed by atoms with Gasteiger partial charge in [-0.3, -0.25) is 9.89 Å². The van der Waals surface area contributed by atoms with Gasteiger partial charge in [0.2, 0.25) is 0 Å². The van der Waals surface area contributed by atoms with Crippen molar-refractivity contribution in [1.29, 1.82) is 0 Å². The molecule has 5 heteroatoms. The van der Waals surface area contributed by atoms with E-state index in [4.69, 9.17) is 10.5 Å². The SMILES string of the molecule is CCCNC(N)=NCC(CC(C)C)N1CCOCC1. The maximum atomic E-state index is 5.86. The van der Waals surface area contributed by atoms with Gasteiger partial charge in [-0.2, -0.15) is 0 Å². The molecule has 1 aliphatic rings. The lowest BCUT2D eigenvalue weighted by molar-refractivity contribution is 0.0143. The zero-order chi connectivity index (χ0) is 14.1. The van der Waals surface area contributed by atoms with Crippen molar-refractivity contribution in [1.82, 2.24) is 10.2 Å². The van der Waals surface area contributed by atoms with Crippen LogP contribution in [-0.2, 0) is 4.74 Å². The second kappa shape index (κ2) is 9.15. The molecular formula is C14H30N4O. The Bertz CT molecular complexity index is 262. The molecule has 0 aromatic heterocycles. The van der Waals surface area contributed by atoms with Gasteiger partial charge in [0.25, 0.3) is 0 Å². The van der Waals surface area contributed by atoms with Gasteiger partial charge in [0.1, 0.15) is 0 Å². The van der Waals surface area contributed by atoms with Crippen molar-refractivity contribution in [2.45, 2.75) is 39.7 Å². The average Bonchev–Trinajstić information content (AvgIpc) is 2.41. The maximum absolute atomic E-state index is 5.86. The Balaban J connectivity index is 2.48. The Morgan fingerprint density at radius 2 is 2.05 bits per heavy atom. The molecule has 1 heterocycles. The summed E-state index contributed by atoms with van der Waals surface area (Å²) in [4.78, 5) is 6.98. The smallest absolute Gasteiger partial charge is 0.188 e. The molecule has 0 aromatic carbocycles. The normalized spacial score (nSPS) is 19.7. The molecule has 0 amide bonds. The van der Waals surface area contributed by atoms with Crippen LogP contribution in [0.4, 0.5) is 0 Å². The molecule has 3 N–H and O–H groups in total. The highest BCUT2D eigenvalue weighted by molar-refractivity contribution is 5.77. The van der Waals surface area contributed by atoms with Crippen molar-refractivity contribution >= 4 is 5.96 Å². The Labute approximate surface area is 117 Å². The van der Waals surface area contributed by atoms with Crippen LogP contribution in [0.15, 0.2) is 4.99 Å². The van der Waals surface area contributed by atoms with E-state index in [0.717, 1.165) is 52.2 Å². The summed E-state index contributed by atoms with van der Waals surface area (Å²) in [5.41, 5.74) is 5.86. The number of nitrogens with zero attached hydrogens (tertiary/aromatic N) is 2. The molecule has 0 spiro atoms. The summed E-state index contributed by atoms with van der Waals surface area (Å²) in [5, 5.41) is 3.13. The lowest BCUT2D eigenvalue weighted by atomic mass is 10.0. The maximum Gasteiger partial charge on any atom is 0.188 e. The minimum absolute atomic E-state index is 0.478. The summed E-state index contributed by atoms with van der Waals surface area (Å²) in [6.07, 6.45) is 2.22. The minimum atomic E-state index is 0.478. The second-order valence-electron chi connectivity index (χ2n) is 5.58. The molecular weight excluding hydrogens is 240 g/mol. The summed E-state index contributed by atoms with van der Waals surface area (Å²) in [6, 6.07) is 0.478. The molecule has 1 saturated heterocycles. The third-order valence-corrected chi connectivity index (χ3v) is 3.33. The fourth-order valence-electron chi connectivity index (χ4n) is 2.34. The predicted molar refractivity (Wildman–Crippen MR) is 80.4 cm³/mol. The summed E-state index contributed by atoms with van der Waals surface area (Å²) in [6.45, 7) is 12.0. The van der Waals surface area contributed by atoms with E-state index in [1.165, 1.54) is 0 Å². The quantitative estimate of drug-likeness (QED) is 0.536. The van der Waals surface area contributed by atoms with Gasteiger partial charge in [0.05, 0.1) is 19.8 Å². The molecule has 0 radical (unpaired) electrons. The lowest BCUT2D eigenvalue weighted by Gasteiger charge is -2.34. The third-order valence-electron chi connectivity index (χ3n) is 3.33. The topological polar surface area (TPSA) is 62.9 Å². The first-order valence-electron chi connectivity index (χ1n) is 7.49. The Morgan fingerprint density at radius 1 is 1.37 bits per heavy atom. The van der Waals surface area contributed by atoms with E-state index in [1.54, 1.807) is 0 Å². The molecule has 0 saturated carbocycles. The fourth-order valence-corrected chi connectivity index (χ4v) is 2.34. The first-order valence-corrected chi connectivity index (χ1v) is 7.49. The van der Waals surface area contributed by atoms with E-state index in [1.807, 2.05) is 0 Å². The van der Waals surface area contributed by atoms with Gasteiger partial charge in [0.15, 0.2) is 5.96 Å². The summed E-state index contributed by atoms with van der Waals surface area (Å²) < 4.78 is 5.42. The van der Waals surface area contributed by atoms with Gasteiger partial charge >= 0.3 is 0 Å². The van der Waals surface area contributed by atoms with Crippen LogP contribution < -0.4 is 11.1 Å². The van der Waals surface area contributed by atoms with Crippen LogP contribution in [0.3, 0.4) is 0 Å². The highest BCUT2D eigenvalue weighted by Gasteiger charge is 2.21. The Hall–Kier alpha value is -0.810. The first-order chi connectivity index (χ1) is 9.13. The largest absolute Gasteiger partial charge is 0.379 e. The molecule has 1 aliphatic heterocycles. The Morgan fingerprint density at radius 3 is 2.63 bits per heavy atom. The van der Waals surface area contributed by atoms with E-state index in [-0.39, 0.29) is 0 Å². The van der Waals surface area contributed by atoms with E-state index in [0.29, 0.717) is 17.9 Å². The molecule has 0 aromatic rings. The fraction of sp³-hybridized carbons (Fsp3) is 0.929. The number of nitrogens with one attached hydrogen (secondary N) is 1. The zero-order valence-corrected chi connectivity index (χ0v) is 12.7. The highest BCUT2D eigenvalue weighted by Crippen LogP contribution is 2.13. The van der Waals surface area contributed by atoms with Crippen LogP contribution in [-0.4, -0.2) is 56.3 Å². The third kappa shape index (κ3) is 6.78. The van der Waals surface area contributed by atoms with Crippen molar-refractivity contribution in [2.24, 2.45) is 16.6 Å². The van der Waals surface area contributed by atoms with Crippen molar-refractivity contribution in [3.05, 3.63) is 0 Å². The van der Waals surface area contributed by atoms with Crippen molar-refractivity contribution < 1.29 is 4.74 Å². The number of aliphatic imine (C=N–C) groups is 1. The van der Waals surface area contributed by atoms with Crippen LogP contribution in [0.1, 0.15) is 33.6 Å². The van der Waals surface area contributed by atoms with E-state index >= 15 is 0 Å². The van der Waals surface area contributed by atoms with Gasteiger partial charge in [0, 0.05) is 25.7 Å². The van der Waals surface area contributed by atoms with E-state index in [9.17, 15) is 0 Å².